The molecule has 9 N–H and O–H groups in total. The van der Waals surface area contributed by atoms with E-state index in [1.54, 1.807) is 6.07 Å². The number of benzene rings is 1. The van der Waals surface area contributed by atoms with Gasteiger partial charge in [0.25, 0.3) is 15.6 Å². The Morgan fingerprint density at radius 1 is 1.15 bits per heavy atom. The fourth-order valence-electron chi connectivity index (χ4n) is 2.76. The van der Waals surface area contributed by atoms with E-state index in [1.807, 2.05) is 0 Å². The lowest BCUT2D eigenvalue weighted by molar-refractivity contribution is -0.192. The molecule has 39 heavy (non-hydrogen) atoms. The summed E-state index contributed by atoms with van der Waals surface area (Å²) in [7, 11) is -4.12. The van der Waals surface area contributed by atoms with Crippen LogP contribution < -0.4 is 32.8 Å². The molecule has 0 aliphatic carbocycles. The van der Waals surface area contributed by atoms with Crippen LogP contribution >= 0.6 is 0 Å². The molecule has 0 unspecified atom stereocenters. The van der Waals surface area contributed by atoms with Crippen LogP contribution in [0.5, 0.6) is 0 Å². The molecule has 2 aromatic rings. The number of aromatic nitrogens is 1. The number of nitrogens with one attached hydrogen (secondary N) is 2. The topological polar surface area (TPSA) is 242 Å². The van der Waals surface area contributed by atoms with Crippen molar-refractivity contribution in [1.82, 2.24) is 9.88 Å². The Hall–Kier alpha value is -4.61. The van der Waals surface area contributed by atoms with Crippen molar-refractivity contribution in [3.63, 3.8) is 0 Å². The quantitative estimate of drug-likeness (QED) is 0.0663. The molecule has 1 atom stereocenters. The molecule has 0 aliphatic heterocycles. The zero-order valence-electron chi connectivity index (χ0n) is 20.1. The third-order valence-electron chi connectivity index (χ3n) is 4.51. The number of sulfonamides is 1. The Kier molecular flexibility index (Phi) is 11.9. The molecule has 0 saturated heterocycles. The molecule has 0 aliphatic rings. The number of aliphatic imine (C=N–C) groups is 1. The number of halogens is 3. The Morgan fingerprint density at radius 2 is 1.77 bits per heavy atom. The first-order chi connectivity index (χ1) is 18.1. The number of hydrogen-bond acceptors (Lipinski definition) is 8. The normalized spacial score (nSPS) is 11.8. The molecule has 1 aromatic heterocycles. The summed E-state index contributed by atoms with van der Waals surface area (Å²) in [5.74, 6) is -3.42. The summed E-state index contributed by atoms with van der Waals surface area (Å²) in [5, 5.41) is 9.62. The molecule has 2 rings (SSSR count). The van der Waals surface area contributed by atoms with Crippen molar-refractivity contribution in [1.29, 1.82) is 0 Å². The van der Waals surface area contributed by atoms with E-state index in [9.17, 15) is 36.0 Å². The molecule has 14 nitrogen and oxygen atoms in total. The number of carboxylic acids is 1. The van der Waals surface area contributed by atoms with E-state index in [0.717, 1.165) is 4.57 Å². The number of rotatable bonds is 11. The largest absolute Gasteiger partial charge is 0.490 e. The van der Waals surface area contributed by atoms with Crippen LogP contribution in [0, 0.1) is 0 Å². The van der Waals surface area contributed by atoms with Crippen LogP contribution in [0.4, 0.5) is 24.5 Å². The fourth-order valence-corrected chi connectivity index (χ4v) is 3.96. The highest BCUT2D eigenvalue weighted by molar-refractivity contribution is 7.92. The molecule has 0 radical (unpaired) electrons. The van der Waals surface area contributed by atoms with Gasteiger partial charge in [-0.2, -0.15) is 13.2 Å². The van der Waals surface area contributed by atoms with Gasteiger partial charge in [-0.15, -0.1) is 0 Å². The average molecular weight is 578 g/mol. The van der Waals surface area contributed by atoms with Gasteiger partial charge in [-0.3, -0.25) is 19.3 Å². The van der Waals surface area contributed by atoms with Gasteiger partial charge < -0.3 is 37.0 Å². The number of para-hydroxylation sites is 1. The van der Waals surface area contributed by atoms with Gasteiger partial charge in [0, 0.05) is 12.7 Å². The summed E-state index contributed by atoms with van der Waals surface area (Å²) < 4.78 is 60.1. The number of anilines is 2. The van der Waals surface area contributed by atoms with Gasteiger partial charge in [-0.05, 0) is 37.1 Å². The van der Waals surface area contributed by atoms with E-state index in [-0.39, 0.29) is 22.2 Å². The number of nitrogens with two attached hydrogens (primary N) is 3. The minimum Gasteiger partial charge on any atom is -0.475 e. The minimum absolute atomic E-state index is 0.0235. The van der Waals surface area contributed by atoms with Gasteiger partial charge >= 0.3 is 12.1 Å². The molecule has 0 fully saturated rings. The monoisotopic (exact) mass is 577 g/mol. The Bertz CT molecular complexity index is 1360. The summed E-state index contributed by atoms with van der Waals surface area (Å²) in [6, 6.07) is 7.70. The number of aldehydes is 1. The first kappa shape index (κ1) is 32.4. The smallest absolute Gasteiger partial charge is 0.475 e. The highest BCUT2D eigenvalue weighted by Crippen LogP contribution is 2.19. The Labute approximate surface area is 219 Å². The summed E-state index contributed by atoms with van der Waals surface area (Å²) in [5.41, 5.74) is 15.2. The zero-order valence-corrected chi connectivity index (χ0v) is 20.9. The maximum absolute atomic E-state index is 12.6. The number of nitrogen functional groups attached to an aromatic ring is 1. The number of pyridine rings is 1. The van der Waals surface area contributed by atoms with Crippen molar-refractivity contribution < 1.29 is 41.1 Å². The summed E-state index contributed by atoms with van der Waals surface area (Å²) >= 11 is 0. The first-order valence-electron chi connectivity index (χ1n) is 10.8. The molecule has 214 valence electrons. The fraction of sp³-hybridized carbons (Fsp3) is 0.286. The van der Waals surface area contributed by atoms with E-state index >= 15 is 0 Å². The predicted molar refractivity (Wildman–Crippen MR) is 134 cm³/mol. The number of guanidine groups is 1. The zero-order chi connectivity index (χ0) is 29.8. The molecular weight excluding hydrogens is 551 g/mol. The summed E-state index contributed by atoms with van der Waals surface area (Å²) in [4.78, 5) is 48.6. The Balaban J connectivity index is 0.000000956. The lowest BCUT2D eigenvalue weighted by atomic mass is 10.2. The van der Waals surface area contributed by atoms with Crippen molar-refractivity contribution in [3.05, 3.63) is 52.9 Å². The predicted octanol–water partition coefficient (Wildman–Crippen LogP) is -0.398. The number of hydrogen-bond donors (Lipinski definition) is 6. The standard InChI is InChI=1S/C19H25N7O5S.C2HF3O2/c20-14-6-1-2-8-16(14)32(30,31)25-15-7-4-10-26(18(15)29)11-17(28)24-13(12-27)5-3-9-23-19(21)22;3-2(4,5)1(6)7/h1-2,4,6-8,10,12-13,25H,3,5,9,11,20H2,(H,24,28)(H4,21,22,23);(H,6,7)/t13-;/m0./s1. The van der Waals surface area contributed by atoms with Crippen molar-refractivity contribution in [3.8, 4) is 0 Å². The van der Waals surface area contributed by atoms with Gasteiger partial charge in [0.2, 0.25) is 5.91 Å². The number of amides is 1. The van der Waals surface area contributed by atoms with E-state index in [0.29, 0.717) is 25.7 Å². The maximum Gasteiger partial charge on any atom is 0.490 e. The Morgan fingerprint density at radius 3 is 2.31 bits per heavy atom. The van der Waals surface area contributed by atoms with Gasteiger partial charge in [-0.25, -0.2) is 13.2 Å². The number of aliphatic carboxylic acids is 1. The molecule has 1 amide bonds. The number of carbonyl (C=O) groups excluding carboxylic acids is 2. The minimum atomic E-state index is -5.08. The SMILES string of the molecule is NC(N)=NCCC[C@@H](C=O)NC(=O)Cn1cccc(NS(=O)(=O)c2ccccc2N)c1=O.O=C(O)C(F)(F)F. The third kappa shape index (κ3) is 11.1. The average Bonchev–Trinajstić information content (AvgIpc) is 2.83. The van der Waals surface area contributed by atoms with Crippen molar-refractivity contribution in [2.75, 3.05) is 17.0 Å². The molecule has 1 aromatic carbocycles. The van der Waals surface area contributed by atoms with Gasteiger partial charge in [0.15, 0.2) is 5.96 Å². The first-order valence-corrected chi connectivity index (χ1v) is 12.2. The van der Waals surface area contributed by atoms with Crippen LogP contribution in [0.15, 0.2) is 57.3 Å². The molecule has 0 spiro atoms. The maximum atomic E-state index is 12.6. The highest BCUT2D eigenvalue weighted by Gasteiger charge is 2.38. The number of nitrogens with zero attached hydrogens (tertiary/aromatic N) is 2. The number of carbonyl (C=O) groups is 3. The van der Waals surface area contributed by atoms with E-state index in [1.165, 1.54) is 36.5 Å². The van der Waals surface area contributed by atoms with Crippen molar-refractivity contribution in [2.24, 2.45) is 16.5 Å². The third-order valence-corrected chi connectivity index (χ3v) is 5.95. The van der Waals surface area contributed by atoms with E-state index in [4.69, 9.17) is 27.1 Å². The van der Waals surface area contributed by atoms with Gasteiger partial charge in [-0.1, -0.05) is 12.1 Å². The second kappa shape index (κ2) is 14.4. The van der Waals surface area contributed by atoms with Crippen LogP contribution in [-0.2, 0) is 31.0 Å². The summed E-state index contributed by atoms with van der Waals surface area (Å²) in [6.07, 6.45) is -2.42. The molecule has 18 heteroatoms. The van der Waals surface area contributed by atoms with Crippen LogP contribution in [0.1, 0.15) is 12.8 Å². The van der Waals surface area contributed by atoms with E-state index < -0.39 is 46.2 Å². The number of carboxylic acid groups (broad SMARTS) is 1. The van der Waals surface area contributed by atoms with Crippen LogP contribution in [-0.4, -0.2) is 61.0 Å². The van der Waals surface area contributed by atoms with E-state index in [2.05, 4.69) is 15.0 Å². The van der Waals surface area contributed by atoms with Gasteiger partial charge in [0.05, 0.1) is 11.7 Å². The molecule has 0 saturated carbocycles. The lowest BCUT2D eigenvalue weighted by Gasteiger charge is -2.14. The molecule has 0 bridgehead atoms. The second-order valence-corrected chi connectivity index (χ2v) is 9.21. The van der Waals surface area contributed by atoms with Crippen molar-refractivity contribution in [2.45, 2.75) is 36.5 Å². The van der Waals surface area contributed by atoms with Crippen molar-refractivity contribution >= 4 is 45.5 Å². The summed E-state index contributed by atoms with van der Waals surface area (Å²) in [6.45, 7) is -0.115. The second-order valence-electron chi connectivity index (χ2n) is 7.56. The lowest BCUT2D eigenvalue weighted by Crippen LogP contribution is -2.40. The van der Waals surface area contributed by atoms with Gasteiger partial charge in [0.1, 0.15) is 23.4 Å². The number of alkyl halides is 3. The highest BCUT2D eigenvalue weighted by atomic mass is 32.2. The van der Waals surface area contributed by atoms with Crippen LogP contribution in [0.2, 0.25) is 0 Å². The van der Waals surface area contributed by atoms with Crippen LogP contribution in [0.25, 0.3) is 0 Å². The molecule has 1 heterocycles. The van der Waals surface area contributed by atoms with Crippen LogP contribution in [0.3, 0.4) is 0 Å². The molecular formula is C21H26F3N7O7S.